The van der Waals surface area contributed by atoms with E-state index >= 15 is 0 Å². The summed E-state index contributed by atoms with van der Waals surface area (Å²) in [6, 6.07) is 7.68. The minimum absolute atomic E-state index is 0.693. The summed E-state index contributed by atoms with van der Waals surface area (Å²) < 4.78 is 12.2. The van der Waals surface area contributed by atoms with Crippen LogP contribution in [0.4, 0.5) is 5.69 Å². The average molecular weight is 363 g/mol. The number of hydrogen-bond acceptors (Lipinski definition) is 4. The van der Waals surface area contributed by atoms with Crippen LogP contribution in [0, 0.1) is 0 Å². The Balaban J connectivity index is 2.10. The van der Waals surface area contributed by atoms with Gasteiger partial charge in [0.25, 0.3) is 0 Å². The van der Waals surface area contributed by atoms with E-state index in [4.69, 9.17) is 21.1 Å². The largest absolute Gasteiger partial charge is 0.497 e. The first-order valence-electron chi connectivity index (χ1n) is 5.53. The lowest BCUT2D eigenvalue weighted by Crippen LogP contribution is -2.00. The third kappa shape index (κ3) is 3.55. The lowest BCUT2D eigenvalue weighted by Gasteiger charge is -2.11. The Morgan fingerprint density at radius 1 is 1.26 bits per heavy atom. The van der Waals surface area contributed by atoms with E-state index in [0.29, 0.717) is 6.54 Å². The second-order valence-electron chi connectivity index (χ2n) is 3.75. The number of thiophene rings is 1. The summed E-state index contributed by atoms with van der Waals surface area (Å²) in [5.74, 6) is 1.52. The Bertz CT molecular complexity index is 554. The van der Waals surface area contributed by atoms with Crippen LogP contribution in [0.25, 0.3) is 0 Å². The van der Waals surface area contributed by atoms with E-state index in [1.54, 1.807) is 25.6 Å². The van der Waals surface area contributed by atoms with E-state index in [1.807, 2.05) is 24.3 Å². The van der Waals surface area contributed by atoms with Gasteiger partial charge in [-0.2, -0.15) is 0 Å². The van der Waals surface area contributed by atoms with Gasteiger partial charge in [0.05, 0.1) is 19.9 Å². The van der Waals surface area contributed by atoms with Crippen LogP contribution in [-0.2, 0) is 6.54 Å². The monoisotopic (exact) mass is 361 g/mol. The maximum atomic E-state index is 6.01. The Kier molecular flexibility index (Phi) is 4.96. The van der Waals surface area contributed by atoms with Gasteiger partial charge in [-0.05, 0) is 34.1 Å². The van der Waals surface area contributed by atoms with Crippen LogP contribution in [0.2, 0.25) is 4.34 Å². The molecule has 1 aromatic carbocycles. The van der Waals surface area contributed by atoms with Crippen molar-refractivity contribution in [2.75, 3.05) is 19.5 Å². The molecule has 0 saturated heterocycles. The van der Waals surface area contributed by atoms with Gasteiger partial charge in [-0.1, -0.05) is 11.6 Å². The summed E-state index contributed by atoms with van der Waals surface area (Å²) in [6.45, 7) is 0.693. The summed E-state index contributed by atoms with van der Waals surface area (Å²) in [5.41, 5.74) is 0.920. The van der Waals surface area contributed by atoms with Gasteiger partial charge in [-0.15, -0.1) is 11.3 Å². The summed E-state index contributed by atoms with van der Waals surface area (Å²) >= 11 is 11.0. The molecule has 0 atom stereocenters. The molecule has 0 aliphatic rings. The normalized spacial score (nSPS) is 10.3. The van der Waals surface area contributed by atoms with Gasteiger partial charge < -0.3 is 14.8 Å². The first-order chi connectivity index (χ1) is 9.13. The van der Waals surface area contributed by atoms with Crippen LogP contribution in [0.15, 0.2) is 28.7 Å². The predicted molar refractivity (Wildman–Crippen MR) is 83.9 cm³/mol. The van der Waals surface area contributed by atoms with E-state index < -0.39 is 0 Å². The number of rotatable bonds is 5. The highest BCUT2D eigenvalue weighted by molar-refractivity contribution is 9.10. The minimum Gasteiger partial charge on any atom is -0.497 e. The van der Waals surface area contributed by atoms with Crippen LogP contribution in [-0.4, -0.2) is 14.2 Å². The summed E-state index contributed by atoms with van der Waals surface area (Å²) in [7, 11) is 3.27. The minimum atomic E-state index is 0.693. The third-order valence-corrected chi connectivity index (χ3v) is 5.03. The van der Waals surface area contributed by atoms with Crippen LogP contribution >= 0.6 is 38.9 Å². The van der Waals surface area contributed by atoms with Crippen molar-refractivity contribution in [2.24, 2.45) is 0 Å². The fraction of sp³-hybridized carbons (Fsp3) is 0.231. The first-order valence-corrected chi connectivity index (χ1v) is 7.52. The molecule has 0 aliphatic carbocycles. The lowest BCUT2D eigenvalue weighted by atomic mass is 10.2. The van der Waals surface area contributed by atoms with E-state index in [-0.39, 0.29) is 0 Å². The highest BCUT2D eigenvalue weighted by atomic mass is 79.9. The zero-order valence-electron chi connectivity index (χ0n) is 10.5. The molecule has 1 N–H and O–H groups in total. The molecule has 1 heterocycles. The van der Waals surface area contributed by atoms with Crippen LogP contribution in [0.3, 0.4) is 0 Å². The molecule has 0 amide bonds. The topological polar surface area (TPSA) is 30.5 Å². The van der Waals surface area contributed by atoms with E-state index in [1.165, 1.54) is 0 Å². The number of nitrogens with one attached hydrogen (secondary N) is 1. The number of ether oxygens (including phenoxy) is 2. The molecule has 6 heteroatoms. The number of hydrogen-bond donors (Lipinski definition) is 1. The molecule has 0 bridgehead atoms. The molecular weight excluding hydrogens is 350 g/mol. The second-order valence-corrected chi connectivity index (χ2v) is 6.35. The van der Waals surface area contributed by atoms with Crippen LogP contribution < -0.4 is 14.8 Å². The van der Waals surface area contributed by atoms with E-state index in [0.717, 1.165) is 30.9 Å². The fourth-order valence-corrected chi connectivity index (χ4v) is 3.34. The maximum absolute atomic E-state index is 6.01. The SMILES string of the molecule is COc1ccc(NCc2cc(Br)c(Cl)s2)c(OC)c1. The van der Waals surface area contributed by atoms with Crippen molar-refractivity contribution in [1.29, 1.82) is 0 Å². The second kappa shape index (κ2) is 6.50. The van der Waals surface area contributed by atoms with E-state index in [2.05, 4.69) is 21.2 Å². The van der Waals surface area contributed by atoms with Crippen LogP contribution in [0.5, 0.6) is 11.5 Å². The summed E-state index contributed by atoms with van der Waals surface area (Å²) in [6.07, 6.45) is 0. The van der Waals surface area contributed by atoms with Gasteiger partial charge in [0.15, 0.2) is 0 Å². The highest BCUT2D eigenvalue weighted by Crippen LogP contribution is 2.34. The smallest absolute Gasteiger partial charge is 0.145 e. The molecule has 0 unspecified atom stereocenters. The van der Waals surface area contributed by atoms with E-state index in [9.17, 15) is 0 Å². The van der Waals surface area contributed by atoms with Crippen molar-refractivity contribution in [3.8, 4) is 11.5 Å². The first kappa shape index (κ1) is 14.5. The van der Waals surface area contributed by atoms with Crippen molar-refractivity contribution in [3.63, 3.8) is 0 Å². The Morgan fingerprint density at radius 3 is 2.63 bits per heavy atom. The lowest BCUT2D eigenvalue weighted by molar-refractivity contribution is 0.395. The number of anilines is 1. The molecule has 3 nitrogen and oxygen atoms in total. The average Bonchev–Trinajstić information content (AvgIpc) is 2.75. The molecule has 0 aliphatic heterocycles. The number of methoxy groups -OCH3 is 2. The van der Waals surface area contributed by atoms with Gasteiger partial charge in [0.1, 0.15) is 15.8 Å². The molecular formula is C13H13BrClNO2S. The number of halogens is 2. The standard InChI is InChI=1S/C13H13BrClNO2S/c1-17-8-3-4-11(12(5-8)18-2)16-7-9-6-10(14)13(15)19-9/h3-6,16H,7H2,1-2H3. The van der Waals surface area contributed by atoms with Crippen LogP contribution in [0.1, 0.15) is 4.88 Å². The fourth-order valence-electron chi connectivity index (χ4n) is 1.61. The summed E-state index contributed by atoms with van der Waals surface area (Å²) in [4.78, 5) is 1.15. The van der Waals surface area contributed by atoms with Gasteiger partial charge in [-0.25, -0.2) is 0 Å². The van der Waals surface area contributed by atoms with Gasteiger partial charge in [0.2, 0.25) is 0 Å². The highest BCUT2D eigenvalue weighted by Gasteiger charge is 2.07. The molecule has 1 aromatic heterocycles. The maximum Gasteiger partial charge on any atom is 0.145 e. The molecule has 0 spiro atoms. The zero-order chi connectivity index (χ0) is 13.8. The Morgan fingerprint density at radius 2 is 2.05 bits per heavy atom. The van der Waals surface area contributed by atoms with Gasteiger partial charge in [0, 0.05) is 22.0 Å². The summed E-state index contributed by atoms with van der Waals surface area (Å²) in [5, 5.41) is 3.32. The third-order valence-electron chi connectivity index (χ3n) is 2.56. The number of benzene rings is 1. The van der Waals surface area contributed by atoms with Crippen molar-refractivity contribution < 1.29 is 9.47 Å². The molecule has 0 saturated carbocycles. The molecule has 0 fully saturated rings. The Hall–Kier alpha value is -0.910. The van der Waals surface area contributed by atoms with Crippen molar-refractivity contribution >= 4 is 44.6 Å². The Labute approximate surface area is 129 Å². The quantitative estimate of drug-likeness (QED) is 0.829. The van der Waals surface area contributed by atoms with Crippen molar-refractivity contribution in [1.82, 2.24) is 0 Å². The van der Waals surface area contributed by atoms with Gasteiger partial charge >= 0.3 is 0 Å². The molecule has 2 rings (SSSR count). The van der Waals surface area contributed by atoms with Crippen molar-refractivity contribution in [3.05, 3.63) is 38.0 Å². The predicted octanol–water partition coefficient (Wildman–Crippen LogP) is 4.79. The molecule has 2 aromatic rings. The van der Waals surface area contributed by atoms with Gasteiger partial charge in [-0.3, -0.25) is 0 Å². The molecule has 19 heavy (non-hydrogen) atoms. The van der Waals surface area contributed by atoms with Crippen molar-refractivity contribution in [2.45, 2.75) is 6.54 Å². The zero-order valence-corrected chi connectivity index (χ0v) is 13.7. The molecule has 0 radical (unpaired) electrons. The molecule has 102 valence electrons.